The highest BCUT2D eigenvalue weighted by Gasteiger charge is 2.74. The zero-order valence-electron chi connectivity index (χ0n) is 28.2. The van der Waals surface area contributed by atoms with Crippen LogP contribution in [0.25, 0.3) is 0 Å². The SMILES string of the molecule is C=CCCC(=O)OC[C@@H](NC(=O)[C@@H]1[C@H]2C(=O)N(CCCCCCO)[C@H](C(=O)N(CC=C)Cc3ccccc3)[C@]23CC[C@H]1O3)c1ccccc1. The van der Waals surface area contributed by atoms with Crippen molar-refractivity contribution in [2.75, 3.05) is 26.3 Å². The van der Waals surface area contributed by atoms with Crippen LogP contribution in [-0.4, -0.2) is 82.6 Å². The van der Waals surface area contributed by atoms with Crippen molar-refractivity contribution in [1.29, 1.82) is 0 Å². The van der Waals surface area contributed by atoms with Gasteiger partial charge < -0.3 is 29.7 Å². The number of esters is 1. The summed E-state index contributed by atoms with van der Waals surface area (Å²) in [7, 11) is 0. The molecule has 2 aromatic carbocycles. The first-order valence-electron chi connectivity index (χ1n) is 17.5. The summed E-state index contributed by atoms with van der Waals surface area (Å²) in [5.41, 5.74) is 0.585. The van der Waals surface area contributed by atoms with E-state index in [-0.39, 0.29) is 43.3 Å². The van der Waals surface area contributed by atoms with Gasteiger partial charge in [-0.25, -0.2) is 0 Å². The van der Waals surface area contributed by atoms with Gasteiger partial charge in [-0.3, -0.25) is 19.2 Å². The van der Waals surface area contributed by atoms with Crippen molar-refractivity contribution in [1.82, 2.24) is 15.1 Å². The van der Waals surface area contributed by atoms with E-state index in [2.05, 4.69) is 18.5 Å². The molecule has 0 aromatic heterocycles. The lowest BCUT2D eigenvalue weighted by molar-refractivity contribution is -0.148. The number of likely N-dealkylation sites (tertiary alicyclic amines) is 1. The largest absolute Gasteiger partial charge is 0.463 e. The summed E-state index contributed by atoms with van der Waals surface area (Å²) < 4.78 is 12.2. The lowest BCUT2D eigenvalue weighted by atomic mass is 9.70. The predicted octanol–water partition coefficient (Wildman–Crippen LogP) is 4.50. The van der Waals surface area contributed by atoms with Crippen molar-refractivity contribution >= 4 is 23.7 Å². The number of nitrogens with zero attached hydrogens (tertiary/aromatic N) is 2. The van der Waals surface area contributed by atoms with Crippen LogP contribution in [0.3, 0.4) is 0 Å². The van der Waals surface area contributed by atoms with Crippen LogP contribution in [0.2, 0.25) is 0 Å². The Morgan fingerprint density at radius 1 is 1.04 bits per heavy atom. The third-order valence-corrected chi connectivity index (χ3v) is 10.0. The van der Waals surface area contributed by atoms with Gasteiger partial charge in [0.1, 0.15) is 18.2 Å². The summed E-state index contributed by atoms with van der Waals surface area (Å²) in [5.74, 6) is -2.84. The Hall–Kier alpha value is -4.28. The van der Waals surface area contributed by atoms with Gasteiger partial charge in [0.05, 0.1) is 24.0 Å². The zero-order valence-corrected chi connectivity index (χ0v) is 28.2. The number of unbranched alkanes of at least 4 members (excludes halogenated alkanes) is 3. The van der Waals surface area contributed by atoms with Crippen molar-refractivity contribution in [3.63, 3.8) is 0 Å². The summed E-state index contributed by atoms with van der Waals surface area (Å²) in [4.78, 5) is 59.1. The van der Waals surface area contributed by atoms with E-state index < -0.39 is 35.6 Å². The maximum Gasteiger partial charge on any atom is 0.306 e. The number of carbonyl (C=O) groups is 4. The van der Waals surface area contributed by atoms with Crippen molar-refractivity contribution < 1.29 is 33.8 Å². The van der Waals surface area contributed by atoms with Crippen molar-refractivity contribution in [3.05, 3.63) is 97.1 Å². The number of hydrogen-bond acceptors (Lipinski definition) is 7. The quantitative estimate of drug-likeness (QED) is 0.128. The maximum absolute atomic E-state index is 14.6. The van der Waals surface area contributed by atoms with Crippen molar-refractivity contribution in [2.24, 2.45) is 11.8 Å². The molecular formula is C39H49N3O7. The molecule has 0 unspecified atom stereocenters. The van der Waals surface area contributed by atoms with E-state index in [4.69, 9.17) is 9.47 Å². The number of benzene rings is 2. The van der Waals surface area contributed by atoms with Gasteiger partial charge in [0.2, 0.25) is 17.7 Å². The number of fused-ring (bicyclic) bond motifs is 1. The molecule has 0 aliphatic carbocycles. The first-order chi connectivity index (χ1) is 23.8. The molecule has 3 saturated heterocycles. The van der Waals surface area contributed by atoms with Crippen LogP contribution >= 0.6 is 0 Å². The molecule has 49 heavy (non-hydrogen) atoms. The van der Waals surface area contributed by atoms with Gasteiger partial charge in [-0.2, -0.15) is 0 Å². The highest BCUT2D eigenvalue weighted by molar-refractivity contribution is 5.99. The molecule has 262 valence electrons. The van der Waals surface area contributed by atoms with E-state index >= 15 is 0 Å². The summed E-state index contributed by atoms with van der Waals surface area (Å²) in [6.07, 6.45) is 7.46. The van der Waals surface area contributed by atoms with Crippen molar-refractivity contribution in [3.8, 4) is 0 Å². The molecule has 3 heterocycles. The number of amides is 3. The molecule has 2 N–H and O–H groups in total. The second-order valence-electron chi connectivity index (χ2n) is 13.2. The van der Waals surface area contributed by atoms with Gasteiger partial charge in [0.25, 0.3) is 0 Å². The number of allylic oxidation sites excluding steroid dienone is 1. The third-order valence-electron chi connectivity index (χ3n) is 10.0. The van der Waals surface area contributed by atoms with Gasteiger partial charge in [0, 0.05) is 32.7 Å². The lowest BCUT2D eigenvalue weighted by Crippen LogP contribution is -2.56. The Balaban J connectivity index is 1.41. The molecule has 3 amide bonds. The Labute approximate surface area is 289 Å². The van der Waals surface area contributed by atoms with Gasteiger partial charge in [-0.15, -0.1) is 13.2 Å². The minimum Gasteiger partial charge on any atom is -0.463 e. The highest BCUT2D eigenvalue weighted by Crippen LogP contribution is 2.58. The van der Waals surface area contributed by atoms with Gasteiger partial charge in [-0.1, -0.05) is 85.7 Å². The molecule has 0 saturated carbocycles. The molecule has 3 fully saturated rings. The first-order valence-corrected chi connectivity index (χ1v) is 17.5. The zero-order chi connectivity index (χ0) is 34.8. The number of ether oxygens (including phenoxy) is 2. The molecule has 1 spiro atoms. The normalized spacial score (nSPS) is 24.3. The van der Waals surface area contributed by atoms with Crippen LogP contribution in [0.15, 0.2) is 86.0 Å². The Morgan fingerprint density at radius 2 is 1.76 bits per heavy atom. The van der Waals surface area contributed by atoms with E-state index in [1.807, 2.05) is 60.7 Å². The van der Waals surface area contributed by atoms with Crippen molar-refractivity contribution in [2.45, 2.75) is 81.7 Å². The van der Waals surface area contributed by atoms with E-state index in [1.165, 1.54) is 0 Å². The molecular weight excluding hydrogens is 622 g/mol. The average Bonchev–Trinajstić information content (AvgIpc) is 3.76. The summed E-state index contributed by atoms with van der Waals surface area (Å²) in [5, 5.41) is 12.3. The smallest absolute Gasteiger partial charge is 0.306 e. The Bertz CT molecular complexity index is 1470. The van der Waals surface area contributed by atoms with Crippen LogP contribution in [0.5, 0.6) is 0 Å². The third kappa shape index (κ3) is 7.97. The topological polar surface area (TPSA) is 125 Å². The number of aliphatic hydroxyl groups is 1. The van der Waals surface area contributed by atoms with Crippen LogP contribution in [-0.2, 0) is 35.2 Å². The lowest BCUT2D eigenvalue weighted by Gasteiger charge is -2.37. The minimum absolute atomic E-state index is 0.0647. The number of rotatable bonds is 19. The van der Waals surface area contributed by atoms with Gasteiger partial charge in [-0.05, 0) is 43.2 Å². The molecule has 2 aromatic rings. The molecule has 6 atom stereocenters. The molecule has 3 aliphatic rings. The molecule has 3 aliphatic heterocycles. The number of hydrogen-bond donors (Lipinski definition) is 2. The second-order valence-corrected chi connectivity index (χ2v) is 13.2. The molecule has 10 nitrogen and oxygen atoms in total. The Kier molecular flexibility index (Phi) is 12.4. The fourth-order valence-electron chi connectivity index (χ4n) is 7.73. The Morgan fingerprint density at radius 3 is 2.45 bits per heavy atom. The fraction of sp³-hybridized carbons (Fsp3) is 0.487. The molecule has 2 bridgehead atoms. The number of nitrogens with one attached hydrogen (secondary N) is 1. The second kappa shape index (κ2) is 16.9. The summed E-state index contributed by atoms with van der Waals surface area (Å²) in [6.45, 7) is 8.57. The van der Waals surface area contributed by atoms with E-state index in [1.54, 1.807) is 22.0 Å². The van der Waals surface area contributed by atoms with E-state index in [0.29, 0.717) is 51.7 Å². The summed E-state index contributed by atoms with van der Waals surface area (Å²) in [6, 6.07) is 17.5. The average molecular weight is 672 g/mol. The standard InChI is InChI=1S/C39H49N3O7/c1-3-5-20-32(44)48-27-30(29-18-12-9-13-19-29)40-36(45)33-31-21-22-39(49-31)34(33)37(46)42(24-14-6-7-15-25-43)35(39)38(47)41(23-4-2)26-28-16-10-8-11-17-28/h3-4,8-13,16-19,30-31,33-35,43H,1-2,5-7,14-15,20-27H2,(H,40,45)/t30-,31-,33+,34+,35-,39+/m1/s1. The van der Waals surface area contributed by atoms with E-state index in [9.17, 15) is 24.3 Å². The first kappa shape index (κ1) is 36.0. The monoisotopic (exact) mass is 671 g/mol. The maximum atomic E-state index is 14.6. The number of carbonyl (C=O) groups excluding carboxylic acids is 4. The molecule has 10 heteroatoms. The van der Waals surface area contributed by atoms with E-state index in [0.717, 1.165) is 24.0 Å². The number of aliphatic hydroxyl groups excluding tert-OH is 1. The van der Waals surface area contributed by atoms with Crippen LogP contribution in [0, 0.1) is 11.8 Å². The van der Waals surface area contributed by atoms with Gasteiger partial charge >= 0.3 is 5.97 Å². The van der Waals surface area contributed by atoms with Crippen LogP contribution in [0.1, 0.15) is 68.5 Å². The fourth-order valence-corrected chi connectivity index (χ4v) is 7.73. The minimum atomic E-state index is -1.14. The molecule has 5 rings (SSSR count). The summed E-state index contributed by atoms with van der Waals surface area (Å²) >= 11 is 0. The van der Waals surface area contributed by atoms with Crippen LogP contribution < -0.4 is 5.32 Å². The van der Waals surface area contributed by atoms with Crippen LogP contribution in [0.4, 0.5) is 0 Å². The predicted molar refractivity (Wildman–Crippen MR) is 185 cm³/mol. The molecule has 0 radical (unpaired) electrons. The highest BCUT2D eigenvalue weighted by atomic mass is 16.5. The van der Waals surface area contributed by atoms with Gasteiger partial charge in [0.15, 0.2) is 0 Å².